The lowest BCUT2D eigenvalue weighted by Gasteiger charge is -2.15. The van der Waals surface area contributed by atoms with Crippen molar-refractivity contribution in [2.45, 2.75) is 32.9 Å². The predicted octanol–water partition coefficient (Wildman–Crippen LogP) is 2.91. The summed E-state index contributed by atoms with van der Waals surface area (Å²) in [4.78, 5) is 23.9. The van der Waals surface area contributed by atoms with Crippen LogP contribution in [0.1, 0.15) is 42.4 Å². The van der Waals surface area contributed by atoms with Crippen molar-refractivity contribution in [3.63, 3.8) is 0 Å². The van der Waals surface area contributed by atoms with Crippen LogP contribution in [0.2, 0.25) is 0 Å². The molecule has 2 rings (SSSR count). The van der Waals surface area contributed by atoms with Crippen molar-refractivity contribution < 1.29 is 4.79 Å². The van der Waals surface area contributed by atoms with Crippen LogP contribution in [0.3, 0.4) is 0 Å². The van der Waals surface area contributed by atoms with Gasteiger partial charge in [0.1, 0.15) is 5.69 Å². The lowest BCUT2D eigenvalue weighted by Crippen LogP contribution is -2.31. The molecule has 1 atom stereocenters. The zero-order valence-corrected chi connectivity index (χ0v) is 14.1. The van der Waals surface area contributed by atoms with E-state index >= 15 is 0 Å². The summed E-state index contributed by atoms with van der Waals surface area (Å²) in [5.74, 6) is -0.298. The standard InChI is InChI=1S/C16H18BrN3O2/c1-3-10-20-15(21)9-8-14(19-20)16(22)18-11(2)12-6-4-5-7-13(12)17/h4-9,11H,3,10H2,1-2H3,(H,18,22). The topological polar surface area (TPSA) is 64.0 Å². The molecule has 0 bridgehead atoms. The summed E-state index contributed by atoms with van der Waals surface area (Å²) >= 11 is 3.47. The van der Waals surface area contributed by atoms with Crippen LogP contribution in [-0.2, 0) is 6.54 Å². The number of nitrogens with zero attached hydrogens (tertiary/aromatic N) is 2. The number of carbonyl (C=O) groups excluding carboxylic acids is 1. The molecular formula is C16H18BrN3O2. The quantitative estimate of drug-likeness (QED) is 0.887. The number of nitrogens with one attached hydrogen (secondary N) is 1. The summed E-state index contributed by atoms with van der Waals surface area (Å²) in [5, 5.41) is 7.01. The van der Waals surface area contributed by atoms with Gasteiger partial charge < -0.3 is 5.32 Å². The molecule has 22 heavy (non-hydrogen) atoms. The maximum atomic E-state index is 12.3. The monoisotopic (exact) mass is 363 g/mol. The van der Waals surface area contributed by atoms with E-state index in [4.69, 9.17) is 0 Å². The molecule has 116 valence electrons. The summed E-state index contributed by atoms with van der Waals surface area (Å²) in [7, 11) is 0. The second kappa shape index (κ2) is 7.35. The zero-order valence-electron chi connectivity index (χ0n) is 12.5. The lowest BCUT2D eigenvalue weighted by molar-refractivity contribution is 0.0932. The molecule has 0 radical (unpaired) electrons. The first kappa shape index (κ1) is 16.4. The highest BCUT2D eigenvalue weighted by Crippen LogP contribution is 2.22. The van der Waals surface area contributed by atoms with Crippen molar-refractivity contribution >= 4 is 21.8 Å². The number of halogens is 1. The fourth-order valence-electron chi connectivity index (χ4n) is 2.12. The number of rotatable bonds is 5. The van der Waals surface area contributed by atoms with E-state index < -0.39 is 0 Å². The van der Waals surface area contributed by atoms with Gasteiger partial charge in [-0.2, -0.15) is 5.10 Å². The molecule has 1 amide bonds. The van der Waals surface area contributed by atoms with E-state index in [-0.39, 0.29) is 23.2 Å². The number of amides is 1. The summed E-state index contributed by atoms with van der Waals surface area (Å²) in [6.07, 6.45) is 0.783. The number of benzene rings is 1. The first-order valence-corrected chi connectivity index (χ1v) is 7.95. The third-order valence-corrected chi connectivity index (χ3v) is 3.98. The van der Waals surface area contributed by atoms with Crippen molar-refractivity contribution in [3.8, 4) is 0 Å². The molecule has 0 aliphatic heterocycles. The lowest BCUT2D eigenvalue weighted by atomic mass is 10.1. The van der Waals surface area contributed by atoms with Crippen LogP contribution in [0.25, 0.3) is 0 Å². The Kier molecular flexibility index (Phi) is 5.49. The molecule has 1 aromatic carbocycles. The van der Waals surface area contributed by atoms with Crippen molar-refractivity contribution in [1.82, 2.24) is 15.1 Å². The minimum Gasteiger partial charge on any atom is -0.344 e. The van der Waals surface area contributed by atoms with Gasteiger partial charge in [-0.3, -0.25) is 9.59 Å². The van der Waals surface area contributed by atoms with Gasteiger partial charge in [-0.15, -0.1) is 0 Å². The fraction of sp³-hybridized carbons (Fsp3) is 0.312. The van der Waals surface area contributed by atoms with E-state index in [0.29, 0.717) is 6.54 Å². The number of carbonyl (C=O) groups is 1. The molecule has 1 heterocycles. The highest BCUT2D eigenvalue weighted by atomic mass is 79.9. The molecule has 1 N–H and O–H groups in total. The molecule has 0 spiro atoms. The van der Waals surface area contributed by atoms with Crippen molar-refractivity contribution in [1.29, 1.82) is 0 Å². The Hall–Kier alpha value is -1.95. The van der Waals surface area contributed by atoms with Gasteiger partial charge in [0.2, 0.25) is 0 Å². The van der Waals surface area contributed by atoms with E-state index in [1.807, 2.05) is 38.1 Å². The second-order valence-corrected chi connectivity index (χ2v) is 5.85. The molecule has 0 fully saturated rings. The Labute approximate surface area is 137 Å². The van der Waals surface area contributed by atoms with Crippen LogP contribution in [0.4, 0.5) is 0 Å². The number of hydrogen-bond acceptors (Lipinski definition) is 3. The Morgan fingerprint density at radius 3 is 2.73 bits per heavy atom. The van der Waals surface area contributed by atoms with Crippen LogP contribution < -0.4 is 10.9 Å². The number of aryl methyl sites for hydroxylation is 1. The Morgan fingerprint density at radius 1 is 1.32 bits per heavy atom. The van der Waals surface area contributed by atoms with Gasteiger partial charge in [0, 0.05) is 17.1 Å². The van der Waals surface area contributed by atoms with Crippen LogP contribution in [0.15, 0.2) is 45.7 Å². The molecule has 1 aromatic heterocycles. The smallest absolute Gasteiger partial charge is 0.272 e. The first-order valence-electron chi connectivity index (χ1n) is 7.16. The molecular weight excluding hydrogens is 346 g/mol. The van der Waals surface area contributed by atoms with Gasteiger partial charge in [0.15, 0.2) is 0 Å². The average Bonchev–Trinajstić information content (AvgIpc) is 2.50. The highest BCUT2D eigenvalue weighted by molar-refractivity contribution is 9.10. The third kappa shape index (κ3) is 3.82. The van der Waals surface area contributed by atoms with Crippen LogP contribution >= 0.6 is 15.9 Å². The van der Waals surface area contributed by atoms with Crippen molar-refractivity contribution in [2.75, 3.05) is 0 Å². The summed E-state index contributed by atoms with van der Waals surface area (Å²) < 4.78 is 2.25. The van der Waals surface area contributed by atoms with Crippen molar-refractivity contribution in [2.24, 2.45) is 0 Å². The maximum Gasteiger partial charge on any atom is 0.272 e. The van der Waals surface area contributed by atoms with E-state index in [9.17, 15) is 9.59 Å². The Bertz CT molecular complexity index is 727. The van der Waals surface area contributed by atoms with Gasteiger partial charge >= 0.3 is 0 Å². The number of hydrogen-bond donors (Lipinski definition) is 1. The Morgan fingerprint density at radius 2 is 2.05 bits per heavy atom. The SMILES string of the molecule is CCCn1nc(C(=O)NC(C)c2ccccc2Br)ccc1=O. The van der Waals surface area contributed by atoms with Gasteiger partial charge in [-0.1, -0.05) is 41.1 Å². The Balaban J connectivity index is 2.17. The largest absolute Gasteiger partial charge is 0.344 e. The van der Waals surface area contributed by atoms with Gasteiger partial charge in [0.25, 0.3) is 11.5 Å². The predicted molar refractivity (Wildman–Crippen MR) is 88.8 cm³/mol. The summed E-state index contributed by atoms with van der Waals surface area (Å²) in [5.41, 5.74) is 1.03. The minimum absolute atomic E-state index is 0.170. The molecule has 0 aliphatic rings. The normalized spacial score (nSPS) is 12.0. The van der Waals surface area contributed by atoms with E-state index in [1.165, 1.54) is 16.8 Å². The van der Waals surface area contributed by atoms with Gasteiger partial charge in [-0.25, -0.2) is 4.68 Å². The van der Waals surface area contributed by atoms with Crippen LogP contribution in [0.5, 0.6) is 0 Å². The van der Waals surface area contributed by atoms with Crippen LogP contribution in [0, 0.1) is 0 Å². The molecule has 6 heteroatoms. The number of aromatic nitrogens is 2. The highest BCUT2D eigenvalue weighted by Gasteiger charge is 2.15. The van der Waals surface area contributed by atoms with Gasteiger partial charge in [0.05, 0.1) is 6.04 Å². The van der Waals surface area contributed by atoms with E-state index in [1.54, 1.807) is 0 Å². The zero-order chi connectivity index (χ0) is 16.1. The fourth-order valence-corrected chi connectivity index (χ4v) is 2.74. The molecule has 2 aromatic rings. The molecule has 1 unspecified atom stereocenters. The summed E-state index contributed by atoms with van der Waals surface area (Å²) in [6, 6.07) is 10.4. The van der Waals surface area contributed by atoms with Gasteiger partial charge in [-0.05, 0) is 31.0 Å². The average molecular weight is 364 g/mol. The third-order valence-electron chi connectivity index (χ3n) is 3.25. The summed E-state index contributed by atoms with van der Waals surface area (Å²) in [6.45, 7) is 4.36. The van der Waals surface area contributed by atoms with E-state index in [0.717, 1.165) is 16.5 Å². The second-order valence-electron chi connectivity index (χ2n) is 5.00. The molecule has 5 nitrogen and oxygen atoms in total. The van der Waals surface area contributed by atoms with E-state index in [2.05, 4.69) is 26.3 Å². The first-order chi connectivity index (χ1) is 10.5. The molecule has 0 aliphatic carbocycles. The molecule has 0 saturated heterocycles. The van der Waals surface area contributed by atoms with Crippen LogP contribution in [-0.4, -0.2) is 15.7 Å². The maximum absolute atomic E-state index is 12.3. The molecule has 0 saturated carbocycles. The minimum atomic E-state index is -0.298. The van der Waals surface area contributed by atoms with Crippen molar-refractivity contribution in [3.05, 3.63) is 62.5 Å².